The Morgan fingerprint density at radius 3 is 2.60 bits per heavy atom. The Kier molecular flexibility index (Phi) is 4.42. The first kappa shape index (κ1) is 15.7. The molecule has 108 valence electrons. The van der Waals surface area contributed by atoms with E-state index in [1.807, 2.05) is 0 Å². The quantitative estimate of drug-likeness (QED) is 0.612. The standard InChI is InChI=1S/C15H19NOS3/c1-8(2)5-11-12-9(13(19-11)20-14(16)17)6-15(3,4)7-10(12)18/h5H,6-7H2,1-4H3,(H2,16,17). The zero-order valence-corrected chi connectivity index (χ0v) is 14.7. The number of hydrogen-bond acceptors (Lipinski definition) is 4. The third kappa shape index (κ3) is 3.32. The molecule has 2 N–H and O–H groups in total. The first-order valence-electron chi connectivity index (χ1n) is 6.50. The van der Waals surface area contributed by atoms with Gasteiger partial charge in [-0.25, -0.2) is 0 Å². The number of carbonyl (C=O) groups is 1. The minimum absolute atomic E-state index is 0.153. The Hall–Kier alpha value is -0.650. The monoisotopic (exact) mass is 325 g/mol. The van der Waals surface area contributed by atoms with Crippen LogP contribution < -0.4 is 5.73 Å². The van der Waals surface area contributed by atoms with Gasteiger partial charge >= 0.3 is 0 Å². The number of thioether (sulfide) groups is 1. The van der Waals surface area contributed by atoms with Gasteiger partial charge in [-0.3, -0.25) is 4.79 Å². The van der Waals surface area contributed by atoms with Crippen LogP contribution in [0, 0.1) is 5.41 Å². The van der Waals surface area contributed by atoms with Crippen molar-refractivity contribution in [1.82, 2.24) is 0 Å². The highest BCUT2D eigenvalue weighted by Crippen LogP contribution is 2.46. The number of fused-ring (bicyclic) bond motifs is 1. The van der Waals surface area contributed by atoms with Gasteiger partial charge in [-0.15, -0.1) is 11.3 Å². The smallest absolute Gasteiger partial charge is 0.282 e. The van der Waals surface area contributed by atoms with Crippen LogP contribution in [0.5, 0.6) is 0 Å². The molecular weight excluding hydrogens is 306 g/mol. The SMILES string of the molecule is CC(C)=Cc1sc(SC(N)=O)c2c1C(=S)CC(C)(C)C2. The van der Waals surface area contributed by atoms with E-state index >= 15 is 0 Å². The Labute approximate surface area is 133 Å². The van der Waals surface area contributed by atoms with Crippen LogP contribution in [0.3, 0.4) is 0 Å². The van der Waals surface area contributed by atoms with Crippen LogP contribution >= 0.6 is 35.3 Å². The fraction of sp³-hybridized carbons (Fsp3) is 0.467. The molecule has 1 aliphatic carbocycles. The van der Waals surface area contributed by atoms with Crippen LogP contribution in [0.15, 0.2) is 9.78 Å². The van der Waals surface area contributed by atoms with Crippen molar-refractivity contribution < 1.29 is 4.79 Å². The number of carbonyl (C=O) groups excluding carboxylic acids is 1. The summed E-state index contributed by atoms with van der Waals surface area (Å²) in [4.78, 5) is 13.5. The van der Waals surface area contributed by atoms with Crippen LogP contribution in [0.25, 0.3) is 6.08 Å². The summed E-state index contributed by atoms with van der Waals surface area (Å²) in [5, 5.41) is -0.355. The molecular formula is C15H19NOS3. The first-order chi connectivity index (χ1) is 9.19. The van der Waals surface area contributed by atoms with E-state index in [1.54, 1.807) is 11.3 Å². The van der Waals surface area contributed by atoms with Crippen molar-refractivity contribution in [1.29, 1.82) is 0 Å². The molecule has 5 heteroatoms. The Balaban J connectivity index is 2.60. The lowest BCUT2D eigenvalue weighted by Crippen LogP contribution is -2.26. The number of thiophene rings is 1. The van der Waals surface area contributed by atoms with Crippen molar-refractivity contribution in [3.63, 3.8) is 0 Å². The van der Waals surface area contributed by atoms with Crippen molar-refractivity contribution >= 4 is 51.5 Å². The Morgan fingerprint density at radius 1 is 1.40 bits per heavy atom. The molecule has 0 spiro atoms. The fourth-order valence-corrected chi connectivity index (χ4v) is 5.52. The molecule has 0 aliphatic heterocycles. The highest BCUT2D eigenvalue weighted by atomic mass is 32.2. The number of allylic oxidation sites excluding steroid dienone is 1. The fourth-order valence-electron chi connectivity index (χ4n) is 2.53. The number of amides is 1. The topological polar surface area (TPSA) is 43.1 Å². The van der Waals surface area contributed by atoms with Crippen molar-refractivity contribution in [3.8, 4) is 0 Å². The van der Waals surface area contributed by atoms with Gasteiger partial charge in [-0.05, 0) is 55.5 Å². The van der Waals surface area contributed by atoms with Gasteiger partial charge in [-0.1, -0.05) is 31.6 Å². The predicted octanol–water partition coefficient (Wildman–Crippen LogP) is 5.03. The summed E-state index contributed by atoms with van der Waals surface area (Å²) in [6.07, 6.45) is 4.03. The van der Waals surface area contributed by atoms with Crippen LogP contribution in [0.4, 0.5) is 4.79 Å². The third-order valence-electron chi connectivity index (χ3n) is 3.18. The Bertz CT molecular complexity index is 607. The van der Waals surface area contributed by atoms with E-state index in [1.165, 1.54) is 21.6 Å². The molecule has 0 aromatic carbocycles. The summed E-state index contributed by atoms with van der Waals surface area (Å²) in [5.41, 5.74) is 9.13. The second-order valence-electron chi connectivity index (χ2n) is 6.19. The van der Waals surface area contributed by atoms with E-state index in [4.69, 9.17) is 18.0 Å². The minimum Gasteiger partial charge on any atom is -0.360 e. The molecule has 1 heterocycles. The molecule has 0 radical (unpaired) electrons. The van der Waals surface area contributed by atoms with E-state index in [-0.39, 0.29) is 10.7 Å². The largest absolute Gasteiger partial charge is 0.360 e. The zero-order valence-electron chi connectivity index (χ0n) is 12.2. The summed E-state index contributed by atoms with van der Waals surface area (Å²) < 4.78 is 1.01. The van der Waals surface area contributed by atoms with Gasteiger partial charge in [0.15, 0.2) is 0 Å². The zero-order chi connectivity index (χ0) is 15.1. The summed E-state index contributed by atoms with van der Waals surface area (Å²) in [6.45, 7) is 8.59. The molecule has 0 unspecified atom stereocenters. The molecule has 0 saturated heterocycles. The average Bonchev–Trinajstić information content (AvgIpc) is 2.52. The van der Waals surface area contributed by atoms with Crippen LogP contribution in [-0.4, -0.2) is 10.1 Å². The molecule has 0 atom stereocenters. The number of hydrogen-bond donors (Lipinski definition) is 1. The second-order valence-corrected chi connectivity index (χ2v) is 9.01. The van der Waals surface area contributed by atoms with Gasteiger partial charge in [-0.2, -0.15) is 0 Å². The third-order valence-corrected chi connectivity index (χ3v) is 5.64. The molecule has 0 fully saturated rings. The van der Waals surface area contributed by atoms with Gasteiger partial charge in [0.25, 0.3) is 5.24 Å². The van der Waals surface area contributed by atoms with E-state index < -0.39 is 0 Å². The molecule has 1 aromatic rings. The number of rotatable bonds is 2. The van der Waals surface area contributed by atoms with Gasteiger partial charge in [0.1, 0.15) is 0 Å². The lowest BCUT2D eigenvalue weighted by Gasteiger charge is -2.31. The van der Waals surface area contributed by atoms with Gasteiger partial charge < -0.3 is 5.73 Å². The first-order valence-corrected chi connectivity index (χ1v) is 8.55. The van der Waals surface area contributed by atoms with Crippen LogP contribution in [0.1, 0.15) is 50.1 Å². The maximum Gasteiger partial charge on any atom is 0.282 e. The summed E-state index contributed by atoms with van der Waals surface area (Å²) in [5.74, 6) is 0. The van der Waals surface area contributed by atoms with Gasteiger partial charge in [0.05, 0.1) is 4.21 Å². The lowest BCUT2D eigenvalue weighted by atomic mass is 9.75. The molecule has 1 amide bonds. The number of primary amides is 1. The second kappa shape index (κ2) is 5.62. The molecule has 2 nitrogen and oxygen atoms in total. The predicted molar refractivity (Wildman–Crippen MR) is 92.9 cm³/mol. The molecule has 1 aromatic heterocycles. The molecule has 0 saturated carbocycles. The van der Waals surface area contributed by atoms with Crippen LogP contribution in [0.2, 0.25) is 0 Å². The highest BCUT2D eigenvalue weighted by Gasteiger charge is 2.33. The summed E-state index contributed by atoms with van der Waals surface area (Å²) in [7, 11) is 0. The average molecular weight is 326 g/mol. The van der Waals surface area contributed by atoms with E-state index in [9.17, 15) is 4.79 Å². The van der Waals surface area contributed by atoms with E-state index in [2.05, 4.69) is 33.8 Å². The van der Waals surface area contributed by atoms with E-state index in [0.29, 0.717) is 0 Å². The number of nitrogens with two attached hydrogens (primary N) is 1. The summed E-state index contributed by atoms with van der Waals surface area (Å²) >= 11 is 8.40. The van der Waals surface area contributed by atoms with Gasteiger partial charge in [0, 0.05) is 15.3 Å². The van der Waals surface area contributed by atoms with Crippen LogP contribution in [-0.2, 0) is 6.42 Å². The van der Waals surface area contributed by atoms with Crippen molar-refractivity contribution in [2.75, 3.05) is 0 Å². The Morgan fingerprint density at radius 2 is 2.05 bits per heavy atom. The number of thiocarbonyl (C=S) groups is 1. The maximum atomic E-state index is 11.3. The molecule has 20 heavy (non-hydrogen) atoms. The summed E-state index contributed by atoms with van der Waals surface area (Å²) in [6, 6.07) is 0. The van der Waals surface area contributed by atoms with Crippen molar-refractivity contribution in [2.24, 2.45) is 11.1 Å². The van der Waals surface area contributed by atoms with E-state index in [0.717, 1.165) is 33.7 Å². The molecule has 0 bridgehead atoms. The maximum absolute atomic E-state index is 11.3. The lowest BCUT2D eigenvalue weighted by molar-refractivity contribution is 0.267. The molecule has 1 aliphatic rings. The highest BCUT2D eigenvalue weighted by molar-refractivity contribution is 8.15. The minimum atomic E-state index is -0.355. The van der Waals surface area contributed by atoms with Crippen molar-refractivity contribution in [2.45, 2.75) is 44.7 Å². The molecule has 2 rings (SSSR count). The van der Waals surface area contributed by atoms with Crippen molar-refractivity contribution in [3.05, 3.63) is 21.6 Å². The van der Waals surface area contributed by atoms with Gasteiger partial charge in [0.2, 0.25) is 0 Å². The normalized spacial score (nSPS) is 16.7.